The van der Waals surface area contributed by atoms with Crippen molar-refractivity contribution in [2.45, 2.75) is 19.9 Å². The molecular weight excluding hydrogens is 307 g/mol. The highest BCUT2D eigenvalue weighted by atomic mass is 79.9. The molecule has 0 aliphatic carbocycles. The maximum absolute atomic E-state index is 13.5. The third-order valence-corrected chi connectivity index (χ3v) is 4.18. The maximum Gasteiger partial charge on any atom is 0.123 e. The molecule has 4 heteroatoms. The van der Waals surface area contributed by atoms with Gasteiger partial charge in [0.2, 0.25) is 0 Å². The molecule has 0 spiro atoms. The van der Waals surface area contributed by atoms with Crippen LogP contribution in [0.2, 0.25) is 0 Å². The Bertz CT molecular complexity index is 578. The van der Waals surface area contributed by atoms with Crippen LogP contribution in [0, 0.1) is 19.7 Å². The second kappa shape index (κ2) is 5.82. The van der Waals surface area contributed by atoms with Gasteiger partial charge in [0.05, 0.1) is 6.04 Å². The predicted molar refractivity (Wildman–Crippen MR) is 79.2 cm³/mol. The van der Waals surface area contributed by atoms with Crippen molar-refractivity contribution >= 4 is 15.9 Å². The molecule has 19 heavy (non-hydrogen) atoms. The lowest BCUT2D eigenvalue weighted by atomic mass is 9.96. The average molecular weight is 323 g/mol. The smallest absolute Gasteiger partial charge is 0.123 e. The van der Waals surface area contributed by atoms with Crippen LogP contribution in [-0.4, -0.2) is 0 Å². The summed E-state index contributed by atoms with van der Waals surface area (Å²) >= 11 is 3.57. The number of hydrogen-bond donors (Lipinski definition) is 2. The molecule has 1 atom stereocenters. The summed E-state index contributed by atoms with van der Waals surface area (Å²) in [5.41, 5.74) is 6.56. The summed E-state index contributed by atoms with van der Waals surface area (Å²) in [4.78, 5) is 0. The van der Waals surface area contributed by atoms with Crippen molar-refractivity contribution in [3.63, 3.8) is 0 Å². The van der Waals surface area contributed by atoms with E-state index < -0.39 is 0 Å². The third kappa shape index (κ3) is 3.03. The molecule has 2 aromatic carbocycles. The Morgan fingerprint density at radius 2 is 1.95 bits per heavy atom. The molecule has 100 valence electrons. The lowest BCUT2D eigenvalue weighted by molar-refractivity contribution is 0.603. The van der Waals surface area contributed by atoms with Crippen molar-refractivity contribution in [3.8, 4) is 0 Å². The zero-order valence-electron chi connectivity index (χ0n) is 10.9. The van der Waals surface area contributed by atoms with Crippen LogP contribution >= 0.6 is 15.9 Å². The van der Waals surface area contributed by atoms with E-state index in [0.29, 0.717) is 0 Å². The summed E-state index contributed by atoms with van der Waals surface area (Å²) in [7, 11) is 0. The quantitative estimate of drug-likeness (QED) is 0.667. The van der Waals surface area contributed by atoms with Gasteiger partial charge in [0.15, 0.2) is 0 Å². The Balaban J connectivity index is 2.53. The van der Waals surface area contributed by atoms with E-state index in [1.807, 2.05) is 38.1 Å². The average Bonchev–Trinajstić information content (AvgIpc) is 2.34. The summed E-state index contributed by atoms with van der Waals surface area (Å²) in [6.07, 6.45) is 0. The van der Waals surface area contributed by atoms with E-state index in [-0.39, 0.29) is 11.9 Å². The van der Waals surface area contributed by atoms with Gasteiger partial charge in [0, 0.05) is 4.47 Å². The summed E-state index contributed by atoms with van der Waals surface area (Å²) < 4.78 is 14.5. The molecule has 0 aliphatic rings. The van der Waals surface area contributed by atoms with Crippen LogP contribution < -0.4 is 11.3 Å². The van der Waals surface area contributed by atoms with Crippen LogP contribution in [0.3, 0.4) is 0 Å². The number of benzene rings is 2. The highest BCUT2D eigenvalue weighted by molar-refractivity contribution is 9.10. The molecule has 3 N–H and O–H groups in total. The van der Waals surface area contributed by atoms with Gasteiger partial charge in [-0.2, -0.15) is 0 Å². The fourth-order valence-corrected chi connectivity index (χ4v) is 2.68. The number of nitrogens with one attached hydrogen (secondary N) is 1. The molecule has 0 aromatic heterocycles. The van der Waals surface area contributed by atoms with E-state index in [0.717, 1.165) is 26.7 Å². The van der Waals surface area contributed by atoms with E-state index in [9.17, 15) is 4.39 Å². The third-order valence-electron chi connectivity index (χ3n) is 3.10. The van der Waals surface area contributed by atoms with Gasteiger partial charge in [-0.1, -0.05) is 40.2 Å². The Kier molecular flexibility index (Phi) is 4.34. The van der Waals surface area contributed by atoms with Crippen LogP contribution in [-0.2, 0) is 0 Å². The highest BCUT2D eigenvalue weighted by Gasteiger charge is 2.17. The van der Waals surface area contributed by atoms with Gasteiger partial charge >= 0.3 is 0 Å². The molecule has 0 heterocycles. The van der Waals surface area contributed by atoms with Crippen molar-refractivity contribution in [3.05, 3.63) is 68.9 Å². The molecule has 2 nitrogen and oxygen atoms in total. The maximum atomic E-state index is 13.5. The molecule has 0 amide bonds. The predicted octanol–water partition coefficient (Wildman–Crippen LogP) is 3.76. The minimum atomic E-state index is -0.251. The zero-order valence-corrected chi connectivity index (χ0v) is 12.5. The molecule has 0 aliphatic heterocycles. The zero-order chi connectivity index (χ0) is 14.0. The van der Waals surface area contributed by atoms with Crippen molar-refractivity contribution in [2.24, 2.45) is 5.84 Å². The highest BCUT2D eigenvalue weighted by Crippen LogP contribution is 2.31. The number of hydrazine groups is 1. The Morgan fingerprint density at radius 1 is 1.21 bits per heavy atom. The van der Waals surface area contributed by atoms with E-state index in [2.05, 4.69) is 21.4 Å². The summed E-state index contributed by atoms with van der Waals surface area (Å²) in [6.45, 7) is 3.88. The van der Waals surface area contributed by atoms with Gasteiger partial charge in [0.25, 0.3) is 0 Å². The molecule has 0 fully saturated rings. The lowest BCUT2D eigenvalue weighted by Gasteiger charge is -2.20. The van der Waals surface area contributed by atoms with Gasteiger partial charge < -0.3 is 0 Å². The van der Waals surface area contributed by atoms with Gasteiger partial charge in [-0.25, -0.2) is 9.82 Å². The second-order valence-corrected chi connectivity index (χ2v) is 5.43. The fourth-order valence-electron chi connectivity index (χ4n) is 2.19. The topological polar surface area (TPSA) is 38.0 Å². The Morgan fingerprint density at radius 3 is 2.58 bits per heavy atom. The molecule has 0 radical (unpaired) electrons. The van der Waals surface area contributed by atoms with Gasteiger partial charge in [-0.3, -0.25) is 5.84 Å². The first-order valence-electron chi connectivity index (χ1n) is 6.01. The molecular formula is C15H16BrFN2. The number of hydrogen-bond acceptors (Lipinski definition) is 2. The van der Waals surface area contributed by atoms with Crippen molar-refractivity contribution < 1.29 is 4.39 Å². The summed E-state index contributed by atoms with van der Waals surface area (Å²) in [6, 6.07) is 10.6. The van der Waals surface area contributed by atoms with Crippen LogP contribution in [0.15, 0.2) is 40.9 Å². The van der Waals surface area contributed by atoms with Crippen LogP contribution in [0.25, 0.3) is 0 Å². The molecule has 1 unspecified atom stereocenters. The van der Waals surface area contributed by atoms with Gasteiger partial charge in [-0.05, 0) is 48.2 Å². The first-order valence-corrected chi connectivity index (χ1v) is 6.80. The van der Waals surface area contributed by atoms with Gasteiger partial charge in [-0.15, -0.1) is 0 Å². The number of nitrogens with two attached hydrogens (primary N) is 1. The number of aryl methyl sites for hydroxylation is 2. The minimum absolute atomic E-state index is 0.247. The monoisotopic (exact) mass is 322 g/mol. The van der Waals surface area contributed by atoms with Crippen molar-refractivity contribution in [1.29, 1.82) is 0 Å². The summed E-state index contributed by atoms with van der Waals surface area (Å²) in [5, 5.41) is 0. The largest absolute Gasteiger partial charge is 0.271 e. The Hall–Kier alpha value is -1.23. The molecule has 2 rings (SSSR count). The first-order chi connectivity index (χ1) is 9.02. The van der Waals surface area contributed by atoms with E-state index in [4.69, 9.17) is 5.84 Å². The van der Waals surface area contributed by atoms with Crippen molar-refractivity contribution in [2.75, 3.05) is 0 Å². The van der Waals surface area contributed by atoms with Gasteiger partial charge in [0.1, 0.15) is 5.82 Å². The Labute approximate surface area is 120 Å². The van der Waals surface area contributed by atoms with Crippen LogP contribution in [0.1, 0.15) is 28.3 Å². The molecule has 0 saturated heterocycles. The van der Waals surface area contributed by atoms with Crippen LogP contribution in [0.4, 0.5) is 4.39 Å². The van der Waals surface area contributed by atoms with Crippen molar-refractivity contribution in [1.82, 2.24) is 5.43 Å². The van der Waals surface area contributed by atoms with E-state index >= 15 is 0 Å². The van der Waals surface area contributed by atoms with E-state index in [1.54, 1.807) is 0 Å². The minimum Gasteiger partial charge on any atom is -0.271 e. The SMILES string of the molecule is Cc1cc(F)cc(C(NN)c2cccc(C)c2Br)c1. The summed E-state index contributed by atoms with van der Waals surface area (Å²) in [5.74, 6) is 5.41. The molecule has 2 aromatic rings. The normalized spacial score (nSPS) is 12.5. The van der Waals surface area contributed by atoms with E-state index in [1.165, 1.54) is 12.1 Å². The number of halogens is 2. The second-order valence-electron chi connectivity index (χ2n) is 4.64. The first kappa shape index (κ1) is 14.2. The molecule has 0 saturated carbocycles. The lowest BCUT2D eigenvalue weighted by Crippen LogP contribution is -2.29. The number of rotatable bonds is 3. The standard InChI is InChI=1S/C15H16BrFN2/c1-9-6-11(8-12(17)7-9)15(19-18)13-5-3-4-10(2)14(13)16/h3-8,15,19H,18H2,1-2H3. The fraction of sp³-hybridized carbons (Fsp3) is 0.200. The molecule has 0 bridgehead atoms. The van der Waals surface area contributed by atoms with Crippen LogP contribution in [0.5, 0.6) is 0 Å².